The minimum absolute atomic E-state index is 0.350. The highest BCUT2D eigenvalue weighted by atomic mass is 32.2. The number of aryl methyl sites for hydroxylation is 1. The van der Waals surface area contributed by atoms with E-state index in [1.165, 1.54) is 11.1 Å². The number of hydrogen-bond acceptors (Lipinski definition) is 6. The Morgan fingerprint density at radius 1 is 1.20 bits per heavy atom. The van der Waals surface area contributed by atoms with Crippen LogP contribution in [0.4, 0.5) is 0 Å². The molecule has 0 atom stereocenters. The van der Waals surface area contributed by atoms with Crippen LogP contribution in [0.2, 0.25) is 0 Å². The zero-order valence-corrected chi connectivity index (χ0v) is 12.6. The van der Waals surface area contributed by atoms with Crippen molar-refractivity contribution in [2.24, 2.45) is 0 Å². The molecule has 0 unspecified atom stereocenters. The van der Waals surface area contributed by atoms with Crippen molar-refractivity contribution in [2.45, 2.75) is 30.7 Å². The normalized spacial score (nSPS) is 11.2. The van der Waals surface area contributed by atoms with Crippen LogP contribution in [-0.2, 0) is 21.8 Å². The predicted octanol–water partition coefficient (Wildman–Crippen LogP) is 1.89. The molecular weight excluding hydrogens is 276 g/mol. The van der Waals surface area contributed by atoms with Crippen LogP contribution in [-0.4, -0.2) is 40.7 Å². The van der Waals surface area contributed by atoms with Crippen molar-refractivity contribution in [1.29, 1.82) is 0 Å². The smallest absolute Gasteiger partial charge is 0.209 e. The molecule has 0 aliphatic heterocycles. The van der Waals surface area contributed by atoms with E-state index in [1.807, 2.05) is 0 Å². The van der Waals surface area contributed by atoms with E-state index >= 15 is 0 Å². The first kappa shape index (κ1) is 15.0. The number of nitrogens with zero attached hydrogens (tertiary/aromatic N) is 4. The summed E-state index contributed by atoms with van der Waals surface area (Å²) < 4.78 is 12.0. The molecule has 0 amide bonds. The van der Waals surface area contributed by atoms with Gasteiger partial charge >= 0.3 is 0 Å². The van der Waals surface area contributed by atoms with Crippen molar-refractivity contribution >= 4 is 11.8 Å². The third kappa shape index (κ3) is 4.03. The number of rotatable bonds is 7. The van der Waals surface area contributed by atoms with E-state index in [4.69, 9.17) is 9.47 Å². The van der Waals surface area contributed by atoms with Crippen LogP contribution in [0.25, 0.3) is 0 Å². The first-order valence-electron chi connectivity index (χ1n) is 6.23. The maximum Gasteiger partial charge on any atom is 0.209 e. The molecule has 2 aromatic rings. The monoisotopic (exact) mass is 294 g/mol. The average molecular weight is 294 g/mol. The summed E-state index contributed by atoms with van der Waals surface area (Å²) in [5.74, 6) is 0.825. The lowest BCUT2D eigenvalue weighted by atomic mass is 10.2. The van der Waals surface area contributed by atoms with Crippen LogP contribution >= 0.6 is 11.8 Å². The van der Waals surface area contributed by atoms with Crippen LogP contribution in [0.5, 0.6) is 0 Å². The Labute approximate surface area is 122 Å². The highest BCUT2D eigenvalue weighted by Crippen LogP contribution is 2.20. The Kier molecular flexibility index (Phi) is 5.51. The van der Waals surface area contributed by atoms with Gasteiger partial charge in [-0.25, -0.2) is 4.68 Å². The molecule has 0 saturated heterocycles. The SMILES string of the molecule is COC(Cn1nnnc1SCc1ccc(C)cc1)OC. The predicted molar refractivity (Wildman–Crippen MR) is 76.4 cm³/mol. The van der Waals surface area contributed by atoms with E-state index in [-0.39, 0.29) is 6.29 Å². The van der Waals surface area contributed by atoms with Crippen LogP contribution in [0.3, 0.4) is 0 Å². The molecule has 6 nitrogen and oxygen atoms in total. The summed E-state index contributed by atoms with van der Waals surface area (Å²) in [5.41, 5.74) is 2.50. The quantitative estimate of drug-likeness (QED) is 0.574. The molecule has 1 heterocycles. The third-order valence-corrected chi connectivity index (χ3v) is 3.86. The van der Waals surface area contributed by atoms with Crippen molar-refractivity contribution < 1.29 is 9.47 Å². The van der Waals surface area contributed by atoms with Gasteiger partial charge in [0, 0.05) is 20.0 Å². The van der Waals surface area contributed by atoms with Crippen LogP contribution in [0, 0.1) is 6.92 Å². The van der Waals surface area contributed by atoms with Crippen LogP contribution < -0.4 is 0 Å². The molecule has 0 fully saturated rings. The molecule has 0 aliphatic rings. The first-order valence-corrected chi connectivity index (χ1v) is 7.21. The summed E-state index contributed by atoms with van der Waals surface area (Å²) in [5, 5.41) is 12.4. The van der Waals surface area contributed by atoms with Gasteiger partial charge in [-0.05, 0) is 22.9 Å². The second-order valence-electron chi connectivity index (χ2n) is 4.32. The lowest BCUT2D eigenvalue weighted by molar-refractivity contribution is -0.113. The molecule has 2 rings (SSSR count). The lowest BCUT2D eigenvalue weighted by Gasteiger charge is -2.13. The van der Waals surface area contributed by atoms with E-state index in [0.29, 0.717) is 6.54 Å². The molecule has 20 heavy (non-hydrogen) atoms. The fourth-order valence-corrected chi connectivity index (χ4v) is 2.48. The van der Waals surface area contributed by atoms with Crippen molar-refractivity contribution in [3.8, 4) is 0 Å². The number of ether oxygens (including phenoxy) is 2. The second kappa shape index (κ2) is 7.37. The molecule has 0 bridgehead atoms. The number of methoxy groups -OCH3 is 2. The number of thioether (sulfide) groups is 1. The summed E-state index contributed by atoms with van der Waals surface area (Å²) >= 11 is 1.59. The van der Waals surface area contributed by atoms with Crippen LogP contribution in [0.1, 0.15) is 11.1 Å². The second-order valence-corrected chi connectivity index (χ2v) is 5.26. The van der Waals surface area contributed by atoms with Gasteiger partial charge < -0.3 is 9.47 Å². The topological polar surface area (TPSA) is 62.1 Å². The van der Waals surface area contributed by atoms with E-state index < -0.39 is 0 Å². The zero-order valence-electron chi connectivity index (χ0n) is 11.8. The zero-order chi connectivity index (χ0) is 14.4. The van der Waals surface area contributed by atoms with Gasteiger partial charge in [0.2, 0.25) is 5.16 Å². The van der Waals surface area contributed by atoms with E-state index in [9.17, 15) is 0 Å². The Balaban J connectivity index is 1.96. The standard InChI is InChI=1S/C13H18N4O2S/c1-10-4-6-11(7-5-10)9-20-13-14-15-16-17(13)8-12(18-2)19-3/h4-7,12H,8-9H2,1-3H3. The molecule has 1 aromatic carbocycles. The van der Waals surface area contributed by atoms with Gasteiger partial charge in [-0.15, -0.1) is 5.10 Å². The van der Waals surface area contributed by atoms with Crippen molar-refractivity contribution in [3.05, 3.63) is 35.4 Å². The fraction of sp³-hybridized carbons (Fsp3) is 0.462. The molecule has 0 saturated carbocycles. The van der Waals surface area contributed by atoms with E-state index in [0.717, 1.165) is 10.9 Å². The number of aromatic nitrogens is 4. The minimum Gasteiger partial charge on any atom is -0.354 e. The molecule has 0 N–H and O–H groups in total. The van der Waals surface area contributed by atoms with Crippen molar-refractivity contribution in [2.75, 3.05) is 14.2 Å². The van der Waals surface area contributed by atoms with E-state index in [2.05, 4.69) is 46.7 Å². The molecule has 7 heteroatoms. The van der Waals surface area contributed by atoms with Gasteiger partial charge in [-0.2, -0.15) is 0 Å². The van der Waals surface area contributed by atoms with E-state index in [1.54, 1.807) is 30.7 Å². The summed E-state index contributed by atoms with van der Waals surface area (Å²) in [7, 11) is 3.19. The average Bonchev–Trinajstić information content (AvgIpc) is 2.91. The highest BCUT2D eigenvalue weighted by molar-refractivity contribution is 7.98. The molecule has 0 aliphatic carbocycles. The Morgan fingerprint density at radius 2 is 1.90 bits per heavy atom. The molecular formula is C13H18N4O2S. The molecule has 1 aromatic heterocycles. The van der Waals surface area contributed by atoms with Gasteiger partial charge in [0.15, 0.2) is 6.29 Å². The molecule has 0 spiro atoms. The summed E-state index contributed by atoms with van der Waals surface area (Å²) in [6.45, 7) is 2.54. The molecule has 108 valence electrons. The summed E-state index contributed by atoms with van der Waals surface area (Å²) in [4.78, 5) is 0. The Bertz CT molecular complexity index is 525. The van der Waals surface area contributed by atoms with Gasteiger partial charge in [0.25, 0.3) is 0 Å². The highest BCUT2D eigenvalue weighted by Gasteiger charge is 2.12. The van der Waals surface area contributed by atoms with Crippen molar-refractivity contribution in [1.82, 2.24) is 20.2 Å². The Hall–Kier alpha value is -1.44. The third-order valence-electron chi connectivity index (χ3n) is 2.84. The number of hydrogen-bond donors (Lipinski definition) is 0. The first-order chi connectivity index (χ1) is 9.72. The largest absolute Gasteiger partial charge is 0.354 e. The molecule has 0 radical (unpaired) electrons. The lowest BCUT2D eigenvalue weighted by Crippen LogP contribution is -2.21. The Morgan fingerprint density at radius 3 is 2.55 bits per heavy atom. The summed E-state index contributed by atoms with van der Waals surface area (Å²) in [6.07, 6.45) is -0.350. The van der Waals surface area contributed by atoms with Gasteiger partial charge in [-0.3, -0.25) is 0 Å². The number of tetrazole rings is 1. The number of benzene rings is 1. The maximum absolute atomic E-state index is 5.16. The van der Waals surface area contributed by atoms with Crippen LogP contribution in [0.15, 0.2) is 29.4 Å². The van der Waals surface area contributed by atoms with Gasteiger partial charge in [-0.1, -0.05) is 41.6 Å². The minimum atomic E-state index is -0.350. The van der Waals surface area contributed by atoms with Gasteiger partial charge in [0.1, 0.15) is 0 Å². The summed E-state index contributed by atoms with van der Waals surface area (Å²) in [6, 6.07) is 8.43. The van der Waals surface area contributed by atoms with Gasteiger partial charge in [0.05, 0.1) is 6.54 Å². The fourth-order valence-electron chi connectivity index (χ4n) is 1.63. The van der Waals surface area contributed by atoms with Crippen molar-refractivity contribution in [3.63, 3.8) is 0 Å². The maximum atomic E-state index is 5.16.